The van der Waals surface area contributed by atoms with Crippen LogP contribution < -0.4 is 14.9 Å². The van der Waals surface area contributed by atoms with Crippen molar-refractivity contribution in [2.24, 2.45) is 0 Å². The predicted octanol–water partition coefficient (Wildman–Crippen LogP) is 4.65. The van der Waals surface area contributed by atoms with Crippen LogP contribution in [0.4, 0.5) is 0 Å². The molecule has 0 saturated heterocycles. The van der Waals surface area contributed by atoms with Gasteiger partial charge in [-0.1, -0.05) is 30.4 Å². The molecule has 7 heteroatoms. The zero-order chi connectivity index (χ0) is 24.2. The van der Waals surface area contributed by atoms with Gasteiger partial charge in [-0.05, 0) is 50.1 Å². The Bertz CT molecular complexity index is 1280. The van der Waals surface area contributed by atoms with Crippen molar-refractivity contribution in [1.82, 2.24) is 4.90 Å². The Morgan fingerprint density at radius 1 is 1.12 bits per heavy atom. The Morgan fingerprint density at radius 2 is 1.94 bits per heavy atom. The van der Waals surface area contributed by atoms with Crippen LogP contribution in [0.2, 0.25) is 0 Å². The summed E-state index contributed by atoms with van der Waals surface area (Å²) in [4.78, 5) is 28.8. The normalized spacial score (nSPS) is 15.0. The number of fused-ring (bicyclic) bond motifs is 2. The molecule has 34 heavy (non-hydrogen) atoms. The lowest BCUT2D eigenvalue weighted by molar-refractivity contribution is 0.0707. The van der Waals surface area contributed by atoms with Gasteiger partial charge in [0, 0.05) is 20.3 Å². The highest BCUT2D eigenvalue weighted by Crippen LogP contribution is 2.41. The van der Waals surface area contributed by atoms with E-state index in [-0.39, 0.29) is 17.1 Å². The van der Waals surface area contributed by atoms with Crippen LogP contribution in [-0.2, 0) is 4.74 Å². The number of aryl methyl sites for hydroxylation is 1. The molecule has 178 valence electrons. The molecule has 0 aliphatic carbocycles. The standard InChI is InChI=1S/C27H29NO6/c1-5-13-33-21-11-9-18(16-22(21)32-6-2)24-23-25(29)19-15-17(3)8-10-20(19)34-26(23)27(30)28(24)12-7-14-31-4/h5,8-11,15-16,24H,1,6-7,12-14H2,2-4H3. The number of hydrogen-bond donors (Lipinski definition) is 0. The molecule has 1 aliphatic heterocycles. The summed E-state index contributed by atoms with van der Waals surface area (Å²) in [7, 11) is 1.62. The maximum Gasteiger partial charge on any atom is 0.290 e. The maximum absolute atomic E-state index is 13.7. The molecule has 0 spiro atoms. The first kappa shape index (κ1) is 23.6. The van der Waals surface area contributed by atoms with Gasteiger partial charge in [-0.3, -0.25) is 9.59 Å². The molecule has 1 aromatic heterocycles. The first-order valence-corrected chi connectivity index (χ1v) is 11.4. The summed E-state index contributed by atoms with van der Waals surface area (Å²) in [5.74, 6) is 0.900. The zero-order valence-corrected chi connectivity index (χ0v) is 19.8. The molecular formula is C27H29NO6. The second-order valence-electron chi connectivity index (χ2n) is 8.16. The third kappa shape index (κ3) is 4.31. The fourth-order valence-electron chi connectivity index (χ4n) is 4.32. The highest BCUT2D eigenvalue weighted by molar-refractivity contribution is 5.99. The highest BCUT2D eigenvalue weighted by atomic mass is 16.5. The minimum atomic E-state index is -0.604. The van der Waals surface area contributed by atoms with Crippen molar-refractivity contribution in [2.75, 3.05) is 33.5 Å². The third-order valence-electron chi connectivity index (χ3n) is 5.81. The van der Waals surface area contributed by atoms with Gasteiger partial charge in [0.25, 0.3) is 5.91 Å². The topological polar surface area (TPSA) is 78.2 Å². The second-order valence-corrected chi connectivity index (χ2v) is 8.16. The fourth-order valence-corrected chi connectivity index (χ4v) is 4.32. The van der Waals surface area contributed by atoms with E-state index in [9.17, 15) is 9.59 Å². The van der Waals surface area contributed by atoms with Crippen LogP contribution in [0.1, 0.15) is 46.6 Å². The average Bonchev–Trinajstić information content (AvgIpc) is 3.11. The minimum Gasteiger partial charge on any atom is -0.490 e. The Balaban J connectivity index is 1.88. The number of benzene rings is 2. The number of amides is 1. The predicted molar refractivity (Wildman–Crippen MR) is 130 cm³/mol. The molecule has 0 bridgehead atoms. The Labute approximate surface area is 198 Å². The van der Waals surface area contributed by atoms with Crippen molar-refractivity contribution < 1.29 is 23.4 Å². The lowest BCUT2D eigenvalue weighted by Crippen LogP contribution is -2.31. The number of carbonyl (C=O) groups excluding carboxylic acids is 1. The molecule has 3 aromatic rings. The highest BCUT2D eigenvalue weighted by Gasteiger charge is 2.42. The number of methoxy groups -OCH3 is 1. The van der Waals surface area contributed by atoms with Gasteiger partial charge < -0.3 is 23.5 Å². The maximum atomic E-state index is 13.7. The smallest absolute Gasteiger partial charge is 0.290 e. The van der Waals surface area contributed by atoms with Crippen molar-refractivity contribution in [3.63, 3.8) is 0 Å². The van der Waals surface area contributed by atoms with E-state index in [1.165, 1.54) is 0 Å². The Hall–Kier alpha value is -3.58. The van der Waals surface area contributed by atoms with E-state index in [4.69, 9.17) is 18.6 Å². The Kier molecular flexibility index (Phi) is 7.03. The third-order valence-corrected chi connectivity index (χ3v) is 5.81. The number of carbonyl (C=O) groups is 1. The number of ether oxygens (including phenoxy) is 3. The van der Waals surface area contributed by atoms with Crippen LogP contribution in [0.3, 0.4) is 0 Å². The van der Waals surface area contributed by atoms with E-state index in [1.54, 1.807) is 36.3 Å². The van der Waals surface area contributed by atoms with Gasteiger partial charge in [0.15, 0.2) is 16.9 Å². The fraction of sp³-hybridized carbons (Fsp3) is 0.333. The lowest BCUT2D eigenvalue weighted by Gasteiger charge is -2.26. The van der Waals surface area contributed by atoms with Gasteiger partial charge in [0.1, 0.15) is 12.2 Å². The molecular weight excluding hydrogens is 434 g/mol. The van der Waals surface area contributed by atoms with Gasteiger partial charge in [0.05, 0.1) is 23.6 Å². The van der Waals surface area contributed by atoms with Crippen LogP contribution in [0.5, 0.6) is 11.5 Å². The largest absolute Gasteiger partial charge is 0.490 e. The van der Waals surface area contributed by atoms with Gasteiger partial charge in [0.2, 0.25) is 5.76 Å². The van der Waals surface area contributed by atoms with E-state index in [2.05, 4.69) is 6.58 Å². The zero-order valence-electron chi connectivity index (χ0n) is 19.8. The van der Waals surface area contributed by atoms with Crippen molar-refractivity contribution in [1.29, 1.82) is 0 Å². The summed E-state index contributed by atoms with van der Waals surface area (Å²) in [6.45, 7) is 9.18. The quantitative estimate of drug-likeness (QED) is 0.322. The second kappa shape index (κ2) is 10.1. The van der Waals surface area contributed by atoms with E-state index < -0.39 is 6.04 Å². The molecule has 0 N–H and O–H groups in total. The van der Waals surface area contributed by atoms with Crippen molar-refractivity contribution >= 4 is 16.9 Å². The van der Waals surface area contributed by atoms with Crippen LogP contribution in [0.25, 0.3) is 11.0 Å². The molecule has 0 radical (unpaired) electrons. The van der Waals surface area contributed by atoms with Crippen LogP contribution in [0.15, 0.2) is 58.3 Å². The average molecular weight is 464 g/mol. The lowest BCUT2D eigenvalue weighted by atomic mass is 9.97. The van der Waals surface area contributed by atoms with E-state index >= 15 is 0 Å². The van der Waals surface area contributed by atoms with E-state index in [0.29, 0.717) is 60.8 Å². The monoisotopic (exact) mass is 463 g/mol. The van der Waals surface area contributed by atoms with Crippen LogP contribution in [-0.4, -0.2) is 44.3 Å². The molecule has 1 atom stereocenters. The number of nitrogens with zero attached hydrogens (tertiary/aromatic N) is 1. The SMILES string of the molecule is C=CCOc1ccc(C2c3c(oc4ccc(C)cc4c3=O)C(=O)N2CCCOC)cc1OCC. The van der Waals surface area contributed by atoms with Crippen molar-refractivity contribution in [3.05, 3.63) is 81.7 Å². The van der Waals surface area contributed by atoms with Gasteiger partial charge in [-0.25, -0.2) is 0 Å². The van der Waals surface area contributed by atoms with Gasteiger partial charge in [-0.2, -0.15) is 0 Å². The van der Waals surface area contributed by atoms with Gasteiger partial charge in [-0.15, -0.1) is 0 Å². The summed E-state index contributed by atoms with van der Waals surface area (Å²) < 4.78 is 22.7. The summed E-state index contributed by atoms with van der Waals surface area (Å²) >= 11 is 0. The summed E-state index contributed by atoms with van der Waals surface area (Å²) in [5.41, 5.74) is 2.25. The first-order chi connectivity index (χ1) is 16.5. The summed E-state index contributed by atoms with van der Waals surface area (Å²) in [5, 5.41) is 0.464. The van der Waals surface area contributed by atoms with E-state index in [1.807, 2.05) is 32.0 Å². The molecule has 0 saturated carbocycles. The number of hydrogen-bond acceptors (Lipinski definition) is 6. The van der Waals surface area contributed by atoms with Crippen LogP contribution in [0, 0.1) is 6.92 Å². The molecule has 2 heterocycles. The summed E-state index contributed by atoms with van der Waals surface area (Å²) in [6.07, 6.45) is 2.28. The van der Waals surface area contributed by atoms with Gasteiger partial charge >= 0.3 is 0 Å². The van der Waals surface area contributed by atoms with Crippen molar-refractivity contribution in [2.45, 2.75) is 26.3 Å². The Morgan fingerprint density at radius 3 is 2.68 bits per heavy atom. The molecule has 0 fully saturated rings. The van der Waals surface area contributed by atoms with Crippen molar-refractivity contribution in [3.8, 4) is 11.5 Å². The van der Waals surface area contributed by atoms with Crippen LogP contribution >= 0.6 is 0 Å². The summed E-state index contributed by atoms with van der Waals surface area (Å²) in [6, 6.07) is 10.3. The number of rotatable bonds is 10. The molecule has 2 aromatic carbocycles. The molecule has 7 nitrogen and oxygen atoms in total. The molecule has 1 aliphatic rings. The molecule has 1 amide bonds. The van der Waals surface area contributed by atoms with E-state index in [0.717, 1.165) is 11.1 Å². The minimum absolute atomic E-state index is 0.0914. The first-order valence-electron chi connectivity index (χ1n) is 11.4. The molecule has 1 unspecified atom stereocenters. The molecule has 4 rings (SSSR count).